The normalized spacial score (nSPS) is 19.0. The molecule has 0 atom stereocenters. The van der Waals surface area contributed by atoms with Crippen molar-refractivity contribution in [2.24, 2.45) is 0 Å². The lowest BCUT2D eigenvalue weighted by Crippen LogP contribution is -2.42. The first kappa shape index (κ1) is 21.4. The van der Waals surface area contributed by atoms with Crippen molar-refractivity contribution in [3.63, 3.8) is 0 Å². The number of hydrogen-bond acceptors (Lipinski definition) is 5. The summed E-state index contributed by atoms with van der Waals surface area (Å²) in [6, 6.07) is 7.94. The molecular weight excluding hydrogens is 386 g/mol. The minimum atomic E-state index is -0.379. The molecule has 2 saturated heterocycles. The highest BCUT2D eigenvalue weighted by atomic mass is 32.2. The molecule has 1 aromatic rings. The lowest BCUT2D eigenvalue weighted by atomic mass is 10.1. The van der Waals surface area contributed by atoms with E-state index in [4.69, 9.17) is 0 Å². The van der Waals surface area contributed by atoms with E-state index in [-0.39, 0.29) is 23.6 Å². The molecule has 0 bridgehead atoms. The Labute approximate surface area is 176 Å². The predicted molar refractivity (Wildman–Crippen MR) is 118 cm³/mol. The van der Waals surface area contributed by atoms with Crippen LogP contribution < -0.4 is 4.90 Å². The molecule has 0 unspecified atom stereocenters. The quantitative estimate of drug-likeness (QED) is 0.658. The summed E-state index contributed by atoms with van der Waals surface area (Å²) in [7, 11) is 0. The number of hydrogen-bond donors (Lipinski definition) is 0. The Morgan fingerprint density at radius 3 is 2.24 bits per heavy atom. The molecule has 1 aromatic carbocycles. The number of amides is 3. The van der Waals surface area contributed by atoms with E-state index in [1.54, 1.807) is 11.0 Å². The zero-order valence-corrected chi connectivity index (χ0v) is 18.0. The maximum atomic E-state index is 12.7. The lowest BCUT2D eigenvalue weighted by Gasteiger charge is -2.22. The number of carbonyl (C=O) groups excluding carboxylic acids is 3. The van der Waals surface area contributed by atoms with Gasteiger partial charge < -0.3 is 9.80 Å². The number of imide groups is 1. The van der Waals surface area contributed by atoms with Crippen LogP contribution in [0.3, 0.4) is 0 Å². The molecule has 3 amide bonds. The van der Waals surface area contributed by atoms with Crippen molar-refractivity contribution < 1.29 is 14.4 Å². The minimum absolute atomic E-state index is 0.140. The van der Waals surface area contributed by atoms with Crippen LogP contribution in [-0.2, 0) is 9.59 Å². The van der Waals surface area contributed by atoms with Gasteiger partial charge in [0.2, 0.25) is 5.91 Å². The third-order valence-electron chi connectivity index (χ3n) is 5.45. The fourth-order valence-corrected chi connectivity index (χ4v) is 4.55. The second-order valence-corrected chi connectivity index (χ2v) is 8.32. The van der Waals surface area contributed by atoms with Gasteiger partial charge in [-0.05, 0) is 62.2 Å². The van der Waals surface area contributed by atoms with Gasteiger partial charge in [-0.25, -0.2) is 0 Å². The average molecular weight is 416 g/mol. The lowest BCUT2D eigenvalue weighted by molar-refractivity contribution is -0.135. The van der Waals surface area contributed by atoms with Gasteiger partial charge in [-0.15, -0.1) is 0 Å². The van der Waals surface area contributed by atoms with Crippen LogP contribution in [-0.4, -0.2) is 59.6 Å². The summed E-state index contributed by atoms with van der Waals surface area (Å²) in [5.41, 5.74) is 1.99. The maximum absolute atomic E-state index is 12.7. The Morgan fingerprint density at radius 1 is 1.03 bits per heavy atom. The Morgan fingerprint density at radius 2 is 1.66 bits per heavy atom. The zero-order chi connectivity index (χ0) is 20.8. The Bertz CT molecular complexity index is 779. The number of carbonyl (C=O) groups is 3. The molecule has 3 rings (SSSR count). The minimum Gasteiger partial charge on any atom is -0.372 e. The first-order valence-corrected chi connectivity index (χ1v) is 11.2. The highest BCUT2D eigenvalue weighted by Crippen LogP contribution is 2.32. The topological polar surface area (TPSA) is 60.9 Å². The van der Waals surface area contributed by atoms with Gasteiger partial charge >= 0.3 is 0 Å². The van der Waals surface area contributed by atoms with E-state index < -0.39 is 0 Å². The Kier molecular flexibility index (Phi) is 7.36. The van der Waals surface area contributed by atoms with Gasteiger partial charge in [0.15, 0.2) is 0 Å². The Balaban J connectivity index is 1.67. The van der Waals surface area contributed by atoms with Gasteiger partial charge in [0.25, 0.3) is 11.1 Å². The van der Waals surface area contributed by atoms with Crippen molar-refractivity contribution in [3.8, 4) is 0 Å². The monoisotopic (exact) mass is 415 g/mol. The third-order valence-corrected chi connectivity index (χ3v) is 6.35. The number of thioether (sulfide) groups is 1. The summed E-state index contributed by atoms with van der Waals surface area (Å²) in [5, 5.41) is -0.371. The van der Waals surface area contributed by atoms with Crippen molar-refractivity contribution in [2.45, 2.75) is 39.5 Å². The fourth-order valence-electron chi connectivity index (χ4n) is 3.71. The van der Waals surface area contributed by atoms with E-state index >= 15 is 0 Å². The number of nitrogens with zero attached hydrogens (tertiary/aromatic N) is 3. The molecule has 2 fully saturated rings. The van der Waals surface area contributed by atoms with Crippen LogP contribution >= 0.6 is 11.8 Å². The average Bonchev–Trinajstić information content (AvgIpc) is 2.92. The summed E-state index contributed by atoms with van der Waals surface area (Å²) in [6.07, 6.45) is 5.95. The summed E-state index contributed by atoms with van der Waals surface area (Å²) >= 11 is 0.906. The predicted octanol–water partition coefficient (Wildman–Crippen LogP) is 3.97. The third kappa shape index (κ3) is 5.21. The summed E-state index contributed by atoms with van der Waals surface area (Å²) in [5.74, 6) is -0.519. The summed E-state index contributed by atoms with van der Waals surface area (Å²) in [6.45, 7) is 7.34. The molecule has 0 radical (unpaired) electrons. The van der Waals surface area contributed by atoms with E-state index in [0.29, 0.717) is 18.0 Å². The largest absolute Gasteiger partial charge is 0.372 e. The van der Waals surface area contributed by atoms with Crippen LogP contribution in [0.4, 0.5) is 10.5 Å². The number of benzene rings is 1. The van der Waals surface area contributed by atoms with E-state index in [0.717, 1.165) is 66.7 Å². The smallest absolute Gasteiger partial charge is 0.294 e. The van der Waals surface area contributed by atoms with Crippen molar-refractivity contribution in [3.05, 3.63) is 34.7 Å². The molecule has 0 N–H and O–H groups in total. The second-order valence-electron chi connectivity index (χ2n) is 7.33. The van der Waals surface area contributed by atoms with Crippen molar-refractivity contribution in [1.29, 1.82) is 0 Å². The molecule has 156 valence electrons. The van der Waals surface area contributed by atoms with Crippen LogP contribution in [0.15, 0.2) is 29.2 Å². The fraction of sp³-hybridized carbons (Fsp3) is 0.500. The molecular formula is C22H29N3O3S. The number of anilines is 1. The van der Waals surface area contributed by atoms with Crippen LogP contribution in [0, 0.1) is 0 Å². The summed E-state index contributed by atoms with van der Waals surface area (Å²) in [4.78, 5) is 43.1. The molecule has 2 aliphatic heterocycles. The van der Waals surface area contributed by atoms with E-state index in [9.17, 15) is 14.4 Å². The second kappa shape index (κ2) is 9.96. The highest BCUT2D eigenvalue weighted by molar-refractivity contribution is 8.18. The molecule has 0 aromatic heterocycles. The van der Waals surface area contributed by atoms with E-state index in [1.165, 1.54) is 0 Å². The van der Waals surface area contributed by atoms with Gasteiger partial charge in [0, 0.05) is 31.9 Å². The SMILES string of the molecule is CCN(CC)c1ccc(/C=C2\SC(=O)N(CC(=O)N3CCCCCC3)C2=O)cc1. The molecule has 2 aliphatic rings. The molecule has 0 aliphatic carbocycles. The van der Waals surface area contributed by atoms with Crippen molar-refractivity contribution in [2.75, 3.05) is 37.6 Å². The van der Waals surface area contributed by atoms with E-state index in [1.807, 2.05) is 24.3 Å². The molecule has 6 nitrogen and oxygen atoms in total. The van der Waals surface area contributed by atoms with Crippen molar-refractivity contribution in [1.82, 2.24) is 9.80 Å². The molecule has 2 heterocycles. The molecule has 0 spiro atoms. The maximum Gasteiger partial charge on any atom is 0.294 e. The van der Waals surface area contributed by atoms with Gasteiger partial charge in [0.05, 0.1) is 4.91 Å². The summed E-state index contributed by atoms with van der Waals surface area (Å²) < 4.78 is 0. The molecule has 0 saturated carbocycles. The first-order chi connectivity index (χ1) is 14.0. The first-order valence-electron chi connectivity index (χ1n) is 10.4. The van der Waals surface area contributed by atoms with Crippen LogP contribution in [0.5, 0.6) is 0 Å². The highest BCUT2D eigenvalue weighted by Gasteiger charge is 2.37. The number of likely N-dealkylation sites (tertiary alicyclic amines) is 1. The van der Waals surface area contributed by atoms with Gasteiger partial charge in [-0.1, -0.05) is 25.0 Å². The van der Waals surface area contributed by atoms with Crippen LogP contribution in [0.1, 0.15) is 45.1 Å². The Hall–Kier alpha value is -2.28. The zero-order valence-electron chi connectivity index (χ0n) is 17.2. The van der Waals surface area contributed by atoms with E-state index in [2.05, 4.69) is 18.7 Å². The van der Waals surface area contributed by atoms with Gasteiger partial charge in [-0.3, -0.25) is 19.3 Å². The van der Waals surface area contributed by atoms with Gasteiger partial charge in [0.1, 0.15) is 6.54 Å². The number of rotatable bonds is 6. The van der Waals surface area contributed by atoms with Crippen molar-refractivity contribution >= 4 is 40.6 Å². The standard InChI is InChI=1S/C22H29N3O3S/c1-3-23(4-2)18-11-9-17(10-12-18)15-19-21(27)25(22(28)29-19)16-20(26)24-13-7-5-6-8-14-24/h9-12,15H,3-8,13-14,16H2,1-2H3/b19-15-. The van der Waals surface area contributed by atoms with Crippen LogP contribution in [0.2, 0.25) is 0 Å². The van der Waals surface area contributed by atoms with Crippen LogP contribution in [0.25, 0.3) is 6.08 Å². The molecule has 29 heavy (non-hydrogen) atoms. The molecule has 7 heteroatoms. The van der Waals surface area contributed by atoms with Gasteiger partial charge in [-0.2, -0.15) is 0 Å².